The largest absolute Gasteiger partial charge is 0.394 e. The maximum Gasteiger partial charge on any atom is 0.351 e. The molecule has 1 aromatic carbocycles. The van der Waals surface area contributed by atoms with Crippen LogP contribution in [0.3, 0.4) is 0 Å². The Balaban J connectivity index is 1.76. The summed E-state index contributed by atoms with van der Waals surface area (Å²) in [6, 6.07) is 6.98. The number of aliphatic hydroxyl groups is 1. The Morgan fingerprint density at radius 1 is 1.32 bits per heavy atom. The second-order valence-electron chi connectivity index (χ2n) is 7.88. The first-order valence-corrected chi connectivity index (χ1v) is 9.16. The van der Waals surface area contributed by atoms with Crippen LogP contribution >= 0.6 is 0 Å². The van der Waals surface area contributed by atoms with Crippen LogP contribution in [0.4, 0.5) is 10.2 Å². The van der Waals surface area contributed by atoms with Gasteiger partial charge in [0.15, 0.2) is 11.6 Å². The lowest BCUT2D eigenvalue weighted by atomic mass is 9.87. The highest BCUT2D eigenvalue weighted by molar-refractivity contribution is 6.03. The molecule has 2 heterocycles. The molecule has 3 rings (SSSR count). The highest BCUT2D eigenvalue weighted by Gasteiger charge is 2.28. The molecular weight excluding hydrogens is 365 g/mol. The van der Waals surface area contributed by atoms with E-state index in [1.54, 1.807) is 12.1 Å². The summed E-state index contributed by atoms with van der Waals surface area (Å²) in [5.74, 6) is -1.82. The molecule has 0 spiro atoms. The van der Waals surface area contributed by atoms with Crippen LogP contribution in [0.1, 0.15) is 55.8 Å². The fraction of sp³-hybridized carbons (Fsp3) is 0.450. The van der Waals surface area contributed by atoms with E-state index < -0.39 is 29.5 Å². The van der Waals surface area contributed by atoms with Crippen molar-refractivity contribution in [1.82, 2.24) is 9.55 Å². The van der Waals surface area contributed by atoms with Gasteiger partial charge in [-0.2, -0.15) is 4.98 Å². The van der Waals surface area contributed by atoms with Crippen LogP contribution in [0.5, 0.6) is 0 Å². The summed E-state index contributed by atoms with van der Waals surface area (Å²) in [5.41, 5.74) is 0.616. The Kier molecular flexibility index (Phi) is 5.62. The van der Waals surface area contributed by atoms with E-state index in [1.165, 1.54) is 0 Å². The number of halogens is 1. The zero-order chi connectivity index (χ0) is 20.5. The zero-order valence-electron chi connectivity index (χ0n) is 16.1. The average Bonchev–Trinajstić information content (AvgIpc) is 3.12. The van der Waals surface area contributed by atoms with Crippen molar-refractivity contribution in [1.29, 1.82) is 0 Å². The van der Waals surface area contributed by atoms with Gasteiger partial charge in [-0.05, 0) is 36.0 Å². The number of amides is 1. The summed E-state index contributed by atoms with van der Waals surface area (Å²) in [6.07, 6.45) is 0.950. The first-order valence-electron chi connectivity index (χ1n) is 9.16. The van der Waals surface area contributed by atoms with E-state index in [0.29, 0.717) is 18.4 Å². The number of aliphatic hydroxyl groups excluding tert-OH is 1. The summed E-state index contributed by atoms with van der Waals surface area (Å²) in [5, 5.41) is 11.5. The topological polar surface area (TPSA) is 93.5 Å². The van der Waals surface area contributed by atoms with Gasteiger partial charge in [0.05, 0.1) is 18.9 Å². The van der Waals surface area contributed by atoms with Gasteiger partial charge >= 0.3 is 5.69 Å². The smallest absolute Gasteiger partial charge is 0.351 e. The number of hydrogen-bond donors (Lipinski definition) is 2. The number of anilines is 1. The highest BCUT2D eigenvalue weighted by atomic mass is 19.1. The van der Waals surface area contributed by atoms with Gasteiger partial charge in [-0.15, -0.1) is 0 Å². The maximum atomic E-state index is 14.4. The number of ether oxygens (including phenoxy) is 1. The number of rotatable bonds is 4. The van der Waals surface area contributed by atoms with Crippen LogP contribution in [0.15, 0.2) is 35.3 Å². The molecule has 0 radical (unpaired) electrons. The third kappa shape index (κ3) is 4.28. The van der Waals surface area contributed by atoms with Gasteiger partial charge in [-0.25, -0.2) is 9.18 Å². The van der Waals surface area contributed by atoms with Crippen molar-refractivity contribution in [2.45, 2.75) is 51.4 Å². The van der Waals surface area contributed by atoms with Crippen molar-refractivity contribution in [3.05, 3.63) is 57.9 Å². The van der Waals surface area contributed by atoms with Crippen LogP contribution in [-0.2, 0) is 10.2 Å². The number of benzene rings is 1. The third-order valence-corrected chi connectivity index (χ3v) is 4.75. The van der Waals surface area contributed by atoms with Gasteiger partial charge in [-0.1, -0.05) is 32.9 Å². The number of nitrogens with zero attached hydrogens (tertiary/aromatic N) is 2. The Labute approximate surface area is 162 Å². The molecule has 0 aliphatic carbocycles. The molecule has 150 valence electrons. The zero-order valence-corrected chi connectivity index (χ0v) is 16.1. The normalized spacial score (nSPS) is 19.6. The Bertz CT molecular complexity index is 919. The van der Waals surface area contributed by atoms with Crippen LogP contribution in [0.2, 0.25) is 0 Å². The summed E-state index contributed by atoms with van der Waals surface area (Å²) in [6.45, 7) is 6.02. The molecule has 7 nitrogen and oxygen atoms in total. The van der Waals surface area contributed by atoms with E-state index in [-0.39, 0.29) is 18.1 Å². The van der Waals surface area contributed by atoms with Gasteiger partial charge in [0.25, 0.3) is 5.91 Å². The molecule has 2 unspecified atom stereocenters. The second kappa shape index (κ2) is 7.81. The molecule has 1 aliphatic heterocycles. The van der Waals surface area contributed by atoms with E-state index >= 15 is 0 Å². The molecular formula is C20H24FN3O4. The predicted molar refractivity (Wildman–Crippen MR) is 102 cm³/mol. The predicted octanol–water partition coefficient (Wildman–Crippen LogP) is 2.60. The van der Waals surface area contributed by atoms with E-state index in [1.807, 2.05) is 12.1 Å². The molecule has 2 aromatic rings. The van der Waals surface area contributed by atoms with Gasteiger partial charge in [0, 0.05) is 5.56 Å². The van der Waals surface area contributed by atoms with E-state index in [9.17, 15) is 14.0 Å². The van der Waals surface area contributed by atoms with Crippen molar-refractivity contribution >= 4 is 11.7 Å². The van der Waals surface area contributed by atoms with Crippen molar-refractivity contribution < 1.29 is 19.0 Å². The van der Waals surface area contributed by atoms with E-state index in [2.05, 4.69) is 31.1 Å². The lowest BCUT2D eigenvalue weighted by molar-refractivity contribution is -0.0249. The lowest BCUT2D eigenvalue weighted by Gasteiger charge is -2.19. The number of hydrogen-bond acceptors (Lipinski definition) is 5. The van der Waals surface area contributed by atoms with Crippen molar-refractivity contribution in [3.63, 3.8) is 0 Å². The van der Waals surface area contributed by atoms with E-state index in [0.717, 1.165) is 16.3 Å². The van der Waals surface area contributed by atoms with Gasteiger partial charge in [0.1, 0.15) is 6.23 Å². The minimum absolute atomic E-state index is 0.0511. The van der Waals surface area contributed by atoms with Crippen molar-refractivity contribution in [3.8, 4) is 0 Å². The summed E-state index contributed by atoms with van der Waals surface area (Å²) < 4.78 is 20.9. The van der Waals surface area contributed by atoms with Crippen LogP contribution in [0, 0.1) is 5.82 Å². The number of nitrogens with one attached hydrogen (secondary N) is 1. The Morgan fingerprint density at radius 3 is 2.57 bits per heavy atom. The molecule has 1 aromatic heterocycles. The maximum absolute atomic E-state index is 14.4. The average molecular weight is 389 g/mol. The minimum atomic E-state index is -0.838. The summed E-state index contributed by atoms with van der Waals surface area (Å²) >= 11 is 0. The standard InChI is InChI=1S/C20H24FN3O4/c1-20(2,3)13-6-4-12(5-7-13)18(26)22-17-15(21)10-24(19(27)23-17)16-9-8-14(11-25)28-16/h4-7,10,14,16,25H,8-9,11H2,1-3H3,(H,22,23,26,27). The fourth-order valence-corrected chi connectivity index (χ4v) is 3.07. The van der Waals surface area contributed by atoms with Gasteiger partial charge in [-0.3, -0.25) is 9.36 Å². The first kappa shape index (κ1) is 20.2. The molecule has 8 heteroatoms. The number of aromatic nitrogens is 2. The highest BCUT2D eigenvalue weighted by Crippen LogP contribution is 2.27. The molecule has 0 saturated carbocycles. The second-order valence-corrected chi connectivity index (χ2v) is 7.88. The van der Waals surface area contributed by atoms with Gasteiger partial charge in [0.2, 0.25) is 0 Å². The monoisotopic (exact) mass is 389 g/mol. The molecule has 0 bridgehead atoms. The molecule has 1 amide bonds. The van der Waals surface area contributed by atoms with Crippen molar-refractivity contribution in [2.24, 2.45) is 0 Å². The first-order chi connectivity index (χ1) is 13.2. The van der Waals surface area contributed by atoms with E-state index in [4.69, 9.17) is 9.84 Å². The lowest BCUT2D eigenvalue weighted by Crippen LogP contribution is -2.30. The van der Waals surface area contributed by atoms with Crippen LogP contribution in [-0.4, -0.2) is 33.3 Å². The number of carbonyl (C=O) groups is 1. The Morgan fingerprint density at radius 2 is 2.00 bits per heavy atom. The SMILES string of the molecule is CC(C)(C)c1ccc(C(=O)Nc2nc(=O)n(C3CCC(CO)O3)cc2F)cc1. The van der Waals surface area contributed by atoms with Crippen LogP contribution < -0.4 is 11.0 Å². The minimum Gasteiger partial charge on any atom is -0.394 e. The summed E-state index contributed by atoms with van der Waals surface area (Å²) in [4.78, 5) is 28.3. The Hall–Kier alpha value is -2.58. The molecule has 28 heavy (non-hydrogen) atoms. The molecule has 1 fully saturated rings. The summed E-state index contributed by atoms with van der Waals surface area (Å²) in [7, 11) is 0. The molecule has 1 aliphatic rings. The van der Waals surface area contributed by atoms with Crippen molar-refractivity contribution in [2.75, 3.05) is 11.9 Å². The fourth-order valence-electron chi connectivity index (χ4n) is 3.07. The molecule has 2 N–H and O–H groups in total. The number of carbonyl (C=O) groups excluding carboxylic acids is 1. The van der Waals surface area contributed by atoms with Gasteiger partial charge < -0.3 is 15.2 Å². The molecule has 2 atom stereocenters. The molecule has 1 saturated heterocycles. The quantitative estimate of drug-likeness (QED) is 0.838. The third-order valence-electron chi connectivity index (χ3n) is 4.75. The van der Waals surface area contributed by atoms with Crippen LogP contribution in [0.25, 0.3) is 0 Å².